The van der Waals surface area contributed by atoms with E-state index in [0.717, 1.165) is 11.3 Å². The first-order valence-electron chi connectivity index (χ1n) is 10.7. The molecule has 0 bridgehead atoms. The maximum Gasteiger partial charge on any atom is 0.322 e. The summed E-state index contributed by atoms with van der Waals surface area (Å²) in [5.41, 5.74) is 8.83. The fraction of sp³-hybridized carbons (Fsp3) is 0.348. The smallest absolute Gasteiger partial charge is 0.322 e. The van der Waals surface area contributed by atoms with Gasteiger partial charge in [-0.25, -0.2) is 9.59 Å². The van der Waals surface area contributed by atoms with Gasteiger partial charge in [-0.1, -0.05) is 18.2 Å². The van der Waals surface area contributed by atoms with Crippen molar-refractivity contribution >= 4 is 61.1 Å². The topological polar surface area (TPSA) is 99.0 Å². The Balaban J connectivity index is 1.33. The van der Waals surface area contributed by atoms with Crippen molar-refractivity contribution in [2.45, 2.75) is 25.4 Å². The number of likely N-dealkylation sites (tertiary alicyclic amines) is 1. The van der Waals surface area contributed by atoms with Gasteiger partial charge in [0.05, 0.1) is 12.2 Å². The molecule has 0 radical (unpaired) electrons. The third-order valence-electron chi connectivity index (χ3n) is 6.14. The molecule has 0 aliphatic carbocycles. The number of piperidine rings is 1. The van der Waals surface area contributed by atoms with Crippen LogP contribution in [0.15, 0.2) is 45.3 Å². The number of urea groups is 2. The van der Waals surface area contributed by atoms with Gasteiger partial charge in [-0.15, -0.1) is 0 Å². The van der Waals surface area contributed by atoms with Gasteiger partial charge in [0.2, 0.25) is 0 Å². The summed E-state index contributed by atoms with van der Waals surface area (Å²) >= 11 is 6.69. The number of nitrogens with zero attached hydrogens (tertiary/aromatic N) is 3. The van der Waals surface area contributed by atoms with E-state index in [4.69, 9.17) is 5.73 Å². The molecule has 0 aromatic heterocycles. The van der Waals surface area contributed by atoms with Crippen molar-refractivity contribution in [3.63, 3.8) is 0 Å². The number of para-hydroxylation sites is 1. The van der Waals surface area contributed by atoms with Crippen molar-refractivity contribution in [2.75, 3.05) is 37.7 Å². The monoisotopic (exact) mass is 577 g/mol. The number of amides is 4. The zero-order chi connectivity index (χ0) is 23.7. The molecule has 1 fully saturated rings. The van der Waals surface area contributed by atoms with E-state index < -0.39 is 0 Å². The predicted octanol–water partition coefficient (Wildman–Crippen LogP) is 4.54. The second-order valence-corrected chi connectivity index (χ2v) is 10.1. The van der Waals surface area contributed by atoms with Crippen LogP contribution in [0.4, 0.5) is 21.0 Å². The fourth-order valence-electron chi connectivity index (χ4n) is 4.25. The molecule has 0 saturated carbocycles. The molecule has 0 atom stereocenters. The zero-order valence-electron chi connectivity index (χ0n) is 18.2. The summed E-state index contributed by atoms with van der Waals surface area (Å²) in [7, 11) is 1.63. The number of nitrogen functional groups attached to an aromatic ring is 1. The van der Waals surface area contributed by atoms with Crippen LogP contribution in [0.2, 0.25) is 0 Å². The average Bonchev–Trinajstić information content (AvgIpc) is 2.81. The number of anilines is 2. The molecule has 2 heterocycles. The average molecular weight is 579 g/mol. The Morgan fingerprint density at radius 3 is 2.45 bits per heavy atom. The van der Waals surface area contributed by atoms with E-state index in [2.05, 4.69) is 37.2 Å². The molecule has 8 nitrogen and oxygen atoms in total. The van der Waals surface area contributed by atoms with Crippen LogP contribution in [0.5, 0.6) is 0 Å². The number of carbonyl (C=O) groups is 3. The summed E-state index contributed by atoms with van der Waals surface area (Å²) in [4.78, 5) is 43.3. The number of benzene rings is 2. The van der Waals surface area contributed by atoms with Gasteiger partial charge in [-0.3, -0.25) is 4.79 Å². The number of fused-ring (bicyclic) bond motifs is 1. The Hall–Kier alpha value is -2.59. The SMILES string of the molecule is CN(CC(=O)c1cc(Br)c(N)c(Br)c1)C(=O)N1CCC(N2Cc3ccccc3NC2=O)CC1. The van der Waals surface area contributed by atoms with E-state index >= 15 is 0 Å². The summed E-state index contributed by atoms with van der Waals surface area (Å²) in [5, 5.41) is 2.95. The van der Waals surface area contributed by atoms with Crippen LogP contribution in [0.3, 0.4) is 0 Å². The molecule has 0 unspecified atom stereocenters. The molecule has 4 rings (SSSR count). The highest BCUT2D eigenvalue weighted by Gasteiger charge is 2.33. The largest absolute Gasteiger partial charge is 0.397 e. The van der Waals surface area contributed by atoms with E-state index in [-0.39, 0.29) is 30.4 Å². The van der Waals surface area contributed by atoms with Crippen LogP contribution in [-0.4, -0.2) is 65.3 Å². The van der Waals surface area contributed by atoms with Crippen molar-refractivity contribution in [3.8, 4) is 0 Å². The number of nitrogens with two attached hydrogens (primary N) is 1. The number of halogens is 2. The Labute approximate surface area is 209 Å². The van der Waals surface area contributed by atoms with E-state index in [0.29, 0.717) is 52.7 Å². The molecule has 2 aromatic rings. The van der Waals surface area contributed by atoms with Gasteiger partial charge >= 0.3 is 12.1 Å². The first-order chi connectivity index (χ1) is 15.7. The van der Waals surface area contributed by atoms with E-state index in [9.17, 15) is 14.4 Å². The van der Waals surface area contributed by atoms with Gasteiger partial charge in [0.25, 0.3) is 0 Å². The molecular formula is C23H25Br2N5O3. The first-order valence-corrected chi connectivity index (χ1v) is 12.3. The Bertz CT molecular complexity index is 1080. The van der Waals surface area contributed by atoms with Crippen LogP contribution in [0.25, 0.3) is 0 Å². The molecule has 10 heteroatoms. The maximum atomic E-state index is 12.9. The molecule has 3 N–H and O–H groups in total. The van der Waals surface area contributed by atoms with Crippen LogP contribution >= 0.6 is 31.9 Å². The maximum absolute atomic E-state index is 12.9. The summed E-state index contributed by atoms with van der Waals surface area (Å²) in [6, 6.07) is 10.9. The number of hydrogen-bond acceptors (Lipinski definition) is 4. The van der Waals surface area contributed by atoms with Crippen LogP contribution in [0, 0.1) is 0 Å². The number of likely N-dealkylation sites (N-methyl/N-ethyl adjacent to an activating group) is 1. The molecule has 2 aliphatic rings. The number of hydrogen-bond donors (Lipinski definition) is 2. The first kappa shape index (κ1) is 23.6. The number of carbonyl (C=O) groups excluding carboxylic acids is 3. The second kappa shape index (κ2) is 9.72. The Kier molecular flexibility index (Phi) is 6.94. The van der Waals surface area contributed by atoms with E-state index in [1.54, 1.807) is 24.1 Å². The highest BCUT2D eigenvalue weighted by Crippen LogP contribution is 2.30. The van der Waals surface area contributed by atoms with Gasteiger partial charge in [0.1, 0.15) is 0 Å². The Morgan fingerprint density at radius 1 is 1.15 bits per heavy atom. The van der Waals surface area contributed by atoms with Crippen molar-refractivity contribution < 1.29 is 14.4 Å². The van der Waals surface area contributed by atoms with Gasteiger partial charge in [0, 0.05) is 52.9 Å². The van der Waals surface area contributed by atoms with E-state index in [1.165, 1.54) is 4.90 Å². The van der Waals surface area contributed by atoms with Gasteiger partial charge in [-0.2, -0.15) is 0 Å². The second-order valence-electron chi connectivity index (χ2n) is 8.35. The minimum absolute atomic E-state index is 0.0348. The van der Waals surface area contributed by atoms with Crippen molar-refractivity contribution in [1.29, 1.82) is 0 Å². The molecule has 0 spiro atoms. The summed E-state index contributed by atoms with van der Waals surface area (Å²) < 4.78 is 1.25. The lowest BCUT2D eigenvalue weighted by atomic mass is 10.0. The molecule has 1 saturated heterocycles. The number of Topliss-reactive ketones (excluding diaryl/α,β-unsaturated/α-hetero) is 1. The summed E-state index contributed by atoms with van der Waals surface area (Å²) in [5.74, 6) is -0.175. The van der Waals surface area contributed by atoms with E-state index in [1.807, 2.05) is 29.2 Å². The predicted molar refractivity (Wildman–Crippen MR) is 134 cm³/mol. The lowest BCUT2D eigenvalue weighted by Crippen LogP contribution is -2.53. The van der Waals surface area contributed by atoms with Crippen molar-refractivity contribution in [2.24, 2.45) is 0 Å². The molecular weight excluding hydrogens is 554 g/mol. The third kappa shape index (κ3) is 5.01. The molecule has 2 aliphatic heterocycles. The van der Waals surface area contributed by atoms with Gasteiger partial charge < -0.3 is 25.8 Å². The standard InChI is InChI=1S/C23H25Br2N5O3/c1-28(13-20(31)15-10-17(24)21(26)18(25)11-15)23(33)29-8-6-16(7-9-29)30-12-14-4-2-3-5-19(14)27-22(30)32/h2-5,10-11,16H,6-9,12-13,26H2,1H3,(H,27,32). The van der Waals surface area contributed by atoms with Crippen molar-refractivity contribution in [3.05, 3.63) is 56.5 Å². The van der Waals surface area contributed by atoms with Crippen LogP contribution < -0.4 is 11.1 Å². The lowest BCUT2D eigenvalue weighted by molar-refractivity contribution is 0.0907. The zero-order valence-corrected chi connectivity index (χ0v) is 21.4. The van der Waals surface area contributed by atoms with Gasteiger partial charge in [0.15, 0.2) is 5.78 Å². The summed E-state index contributed by atoms with van der Waals surface area (Å²) in [6.45, 7) is 1.60. The lowest BCUT2D eigenvalue weighted by Gasteiger charge is -2.41. The molecule has 2 aromatic carbocycles. The molecule has 33 heavy (non-hydrogen) atoms. The third-order valence-corrected chi connectivity index (χ3v) is 7.46. The highest BCUT2D eigenvalue weighted by molar-refractivity contribution is 9.11. The molecule has 4 amide bonds. The van der Waals surface area contributed by atoms with Crippen molar-refractivity contribution in [1.82, 2.24) is 14.7 Å². The Morgan fingerprint density at radius 2 is 1.79 bits per heavy atom. The summed E-state index contributed by atoms with van der Waals surface area (Å²) in [6.07, 6.45) is 1.39. The van der Waals surface area contributed by atoms with Crippen LogP contribution in [-0.2, 0) is 6.54 Å². The normalized spacial score (nSPS) is 16.3. The fourth-order valence-corrected chi connectivity index (χ4v) is 5.43. The number of rotatable bonds is 4. The highest BCUT2D eigenvalue weighted by atomic mass is 79.9. The minimum atomic E-state index is -0.191. The number of ketones is 1. The molecule has 174 valence electrons. The van der Waals surface area contributed by atoms with Gasteiger partial charge in [-0.05, 0) is 68.5 Å². The number of nitrogens with one attached hydrogen (secondary N) is 1. The minimum Gasteiger partial charge on any atom is -0.397 e. The van der Waals surface area contributed by atoms with Crippen LogP contribution in [0.1, 0.15) is 28.8 Å². The quantitative estimate of drug-likeness (QED) is 0.411.